The normalized spacial score (nSPS) is 24.7. The molecule has 0 aromatic heterocycles. The molecule has 3 amide bonds. The molecule has 3 rings (SSSR count). The fourth-order valence-electron chi connectivity index (χ4n) is 5.23. The molecule has 0 aromatic rings. The minimum absolute atomic E-state index is 0.0633. The number of nitrogens with one attached hydrogen (secondary N) is 3. The van der Waals surface area contributed by atoms with E-state index >= 15 is 0 Å². The van der Waals surface area contributed by atoms with Crippen LogP contribution in [0.15, 0.2) is 0 Å². The molecular formula is C24H37F2N3O6. The van der Waals surface area contributed by atoms with Gasteiger partial charge in [-0.05, 0) is 38.0 Å². The van der Waals surface area contributed by atoms with Crippen LogP contribution in [-0.2, 0) is 23.9 Å². The molecule has 3 fully saturated rings. The monoisotopic (exact) mass is 501 g/mol. The van der Waals surface area contributed by atoms with Crippen LogP contribution in [0.5, 0.6) is 0 Å². The number of alkyl carbamates (subject to hydrolysis) is 1. The third-order valence-electron chi connectivity index (χ3n) is 7.33. The lowest BCUT2D eigenvalue weighted by atomic mass is 9.84. The predicted molar refractivity (Wildman–Crippen MR) is 121 cm³/mol. The van der Waals surface area contributed by atoms with Gasteiger partial charge in [0.1, 0.15) is 18.2 Å². The van der Waals surface area contributed by atoms with Gasteiger partial charge in [-0.2, -0.15) is 0 Å². The Balaban J connectivity index is 1.63. The van der Waals surface area contributed by atoms with Gasteiger partial charge in [0.15, 0.2) is 0 Å². The number of hydrogen-bond donors (Lipinski definition) is 3. The molecule has 11 heteroatoms. The van der Waals surface area contributed by atoms with E-state index in [9.17, 15) is 28.0 Å². The number of alkyl halides is 2. The number of ether oxygens (including phenoxy) is 2. The predicted octanol–water partition coefficient (Wildman–Crippen LogP) is 2.81. The smallest absolute Gasteiger partial charge is 0.408 e. The summed E-state index contributed by atoms with van der Waals surface area (Å²) in [5.74, 6) is -4.33. The van der Waals surface area contributed by atoms with Crippen molar-refractivity contribution in [2.45, 2.75) is 101 Å². The molecule has 3 N–H and O–H groups in total. The first kappa shape index (κ1) is 27.1. The van der Waals surface area contributed by atoms with Gasteiger partial charge in [0.2, 0.25) is 17.7 Å². The van der Waals surface area contributed by atoms with Crippen LogP contribution in [0.2, 0.25) is 0 Å². The average Bonchev–Trinajstić information content (AvgIpc) is 3.24. The van der Waals surface area contributed by atoms with Gasteiger partial charge in [-0.15, -0.1) is 0 Å². The molecule has 1 aliphatic heterocycles. The van der Waals surface area contributed by atoms with Crippen LogP contribution in [0.25, 0.3) is 0 Å². The van der Waals surface area contributed by atoms with E-state index in [4.69, 9.17) is 9.47 Å². The summed E-state index contributed by atoms with van der Waals surface area (Å²) < 4.78 is 37.0. The maximum absolute atomic E-state index is 13.4. The van der Waals surface area contributed by atoms with Crippen molar-refractivity contribution in [3.63, 3.8) is 0 Å². The van der Waals surface area contributed by atoms with Gasteiger partial charge in [0.25, 0.3) is 0 Å². The molecule has 3 aliphatic rings. The molecule has 1 heterocycles. The van der Waals surface area contributed by atoms with E-state index in [-0.39, 0.29) is 43.9 Å². The quantitative estimate of drug-likeness (QED) is 0.418. The van der Waals surface area contributed by atoms with E-state index in [0.29, 0.717) is 19.4 Å². The lowest BCUT2D eigenvalue weighted by Gasteiger charge is -2.30. The minimum Gasteiger partial charge on any atom is -0.467 e. The zero-order valence-corrected chi connectivity index (χ0v) is 20.3. The second-order valence-electron chi connectivity index (χ2n) is 9.99. The summed E-state index contributed by atoms with van der Waals surface area (Å²) in [6.45, 7) is 0.510. The average molecular weight is 502 g/mol. The molecule has 1 saturated heterocycles. The second kappa shape index (κ2) is 12.5. The SMILES string of the molecule is COC(=O)[C@H](C[C@@H]1CCNC1=O)NC(=O)[C@H](CC1CCCCC1)NC(=O)OC1CCC(F)(F)CC1. The summed E-state index contributed by atoms with van der Waals surface area (Å²) in [6.07, 6.45) is 4.09. The zero-order chi connectivity index (χ0) is 25.4. The highest BCUT2D eigenvalue weighted by molar-refractivity contribution is 5.90. The summed E-state index contributed by atoms with van der Waals surface area (Å²) in [5, 5.41) is 7.97. The largest absolute Gasteiger partial charge is 0.467 e. The van der Waals surface area contributed by atoms with Crippen LogP contribution in [0.4, 0.5) is 13.6 Å². The molecule has 0 unspecified atom stereocenters. The Morgan fingerprint density at radius 3 is 2.29 bits per heavy atom. The molecule has 0 spiro atoms. The first-order chi connectivity index (χ1) is 16.7. The highest BCUT2D eigenvalue weighted by Gasteiger charge is 2.38. The Bertz CT molecular complexity index is 764. The molecule has 9 nitrogen and oxygen atoms in total. The number of rotatable bonds is 9. The number of halogens is 2. The molecule has 0 bridgehead atoms. The molecule has 0 aromatic carbocycles. The Morgan fingerprint density at radius 1 is 1.00 bits per heavy atom. The van der Waals surface area contributed by atoms with Crippen molar-refractivity contribution < 1.29 is 37.4 Å². The lowest BCUT2D eigenvalue weighted by Crippen LogP contribution is -2.53. The molecule has 2 aliphatic carbocycles. The van der Waals surface area contributed by atoms with E-state index in [1.807, 2.05) is 0 Å². The van der Waals surface area contributed by atoms with Crippen LogP contribution in [0.1, 0.15) is 77.0 Å². The molecular weight excluding hydrogens is 464 g/mol. The standard InChI is InChI=1S/C24H37F2N3O6/c1-34-22(32)19(14-16-9-12-27-20(16)30)28-21(31)18(13-15-5-3-2-4-6-15)29-23(33)35-17-7-10-24(25,26)11-8-17/h15-19H,2-14H2,1H3,(H,27,30)(H,28,31)(H,29,33)/t16-,18-,19-/m0/s1. The van der Waals surface area contributed by atoms with Crippen molar-refractivity contribution in [2.24, 2.45) is 11.8 Å². The van der Waals surface area contributed by atoms with Crippen molar-refractivity contribution in [2.75, 3.05) is 13.7 Å². The van der Waals surface area contributed by atoms with Gasteiger partial charge in [-0.1, -0.05) is 32.1 Å². The van der Waals surface area contributed by atoms with Gasteiger partial charge >= 0.3 is 12.1 Å². The van der Waals surface area contributed by atoms with Crippen LogP contribution < -0.4 is 16.0 Å². The third-order valence-corrected chi connectivity index (χ3v) is 7.33. The molecule has 3 atom stereocenters. The van der Waals surface area contributed by atoms with E-state index in [0.717, 1.165) is 32.1 Å². The number of carbonyl (C=O) groups is 4. The van der Waals surface area contributed by atoms with E-state index < -0.39 is 48.0 Å². The highest BCUT2D eigenvalue weighted by atomic mass is 19.3. The fourth-order valence-corrected chi connectivity index (χ4v) is 5.23. The Kier molecular flexibility index (Phi) is 9.68. The van der Waals surface area contributed by atoms with Gasteiger partial charge in [-0.25, -0.2) is 18.4 Å². The van der Waals surface area contributed by atoms with E-state index in [1.54, 1.807) is 0 Å². The van der Waals surface area contributed by atoms with Crippen LogP contribution in [0.3, 0.4) is 0 Å². The van der Waals surface area contributed by atoms with Crippen LogP contribution >= 0.6 is 0 Å². The number of carbonyl (C=O) groups excluding carboxylic acids is 4. The summed E-state index contributed by atoms with van der Waals surface area (Å²) in [6, 6.07) is -1.99. The molecule has 35 heavy (non-hydrogen) atoms. The van der Waals surface area contributed by atoms with Crippen molar-refractivity contribution in [3.05, 3.63) is 0 Å². The van der Waals surface area contributed by atoms with Gasteiger partial charge in [0, 0.05) is 25.3 Å². The molecule has 0 radical (unpaired) electrons. The van der Waals surface area contributed by atoms with Crippen molar-refractivity contribution in [1.82, 2.24) is 16.0 Å². The molecule has 198 valence electrons. The third kappa shape index (κ3) is 8.31. The highest BCUT2D eigenvalue weighted by Crippen LogP contribution is 2.34. The summed E-state index contributed by atoms with van der Waals surface area (Å²) in [5.41, 5.74) is 0. The first-order valence-corrected chi connectivity index (χ1v) is 12.7. The minimum atomic E-state index is -2.74. The number of methoxy groups -OCH3 is 1. The van der Waals surface area contributed by atoms with Crippen molar-refractivity contribution >= 4 is 23.9 Å². The number of esters is 1. The molecule has 2 saturated carbocycles. The Hall–Kier alpha value is -2.46. The lowest BCUT2D eigenvalue weighted by molar-refractivity contribution is -0.146. The topological polar surface area (TPSA) is 123 Å². The fraction of sp³-hybridized carbons (Fsp3) is 0.833. The Morgan fingerprint density at radius 2 is 1.69 bits per heavy atom. The van der Waals surface area contributed by atoms with Crippen molar-refractivity contribution in [1.29, 1.82) is 0 Å². The summed E-state index contributed by atoms with van der Waals surface area (Å²) in [4.78, 5) is 50.1. The van der Waals surface area contributed by atoms with Crippen LogP contribution in [0, 0.1) is 11.8 Å². The van der Waals surface area contributed by atoms with Gasteiger partial charge in [0.05, 0.1) is 7.11 Å². The van der Waals surface area contributed by atoms with E-state index in [2.05, 4.69) is 16.0 Å². The maximum atomic E-state index is 13.4. The van der Waals surface area contributed by atoms with Crippen LogP contribution in [-0.4, -0.2) is 61.6 Å². The number of amides is 3. The summed E-state index contributed by atoms with van der Waals surface area (Å²) in [7, 11) is 1.21. The second-order valence-corrected chi connectivity index (χ2v) is 9.99. The zero-order valence-electron chi connectivity index (χ0n) is 20.3. The Labute approximate surface area is 204 Å². The van der Waals surface area contributed by atoms with Gasteiger partial charge in [-0.3, -0.25) is 9.59 Å². The van der Waals surface area contributed by atoms with E-state index in [1.165, 1.54) is 7.11 Å². The van der Waals surface area contributed by atoms with Crippen molar-refractivity contribution in [3.8, 4) is 0 Å². The summed E-state index contributed by atoms with van der Waals surface area (Å²) >= 11 is 0. The number of hydrogen-bond acceptors (Lipinski definition) is 6. The first-order valence-electron chi connectivity index (χ1n) is 12.7. The van der Waals surface area contributed by atoms with Gasteiger partial charge < -0.3 is 25.4 Å². The maximum Gasteiger partial charge on any atom is 0.408 e.